The van der Waals surface area contributed by atoms with Gasteiger partial charge in [0.2, 0.25) is 5.95 Å². The molecular formula is C26H33FN8O2. The fourth-order valence-electron chi connectivity index (χ4n) is 3.71. The number of aromatic nitrogens is 2. The fourth-order valence-corrected chi connectivity index (χ4v) is 3.71. The minimum absolute atomic E-state index is 0.00529. The highest BCUT2D eigenvalue weighted by Crippen LogP contribution is 2.19. The van der Waals surface area contributed by atoms with Crippen LogP contribution in [0.5, 0.6) is 0 Å². The van der Waals surface area contributed by atoms with Gasteiger partial charge in [-0.15, -0.1) is 0 Å². The number of carbonyl (C=O) groups is 1. The second-order valence-corrected chi connectivity index (χ2v) is 8.56. The Kier molecular flexibility index (Phi) is 10.1. The number of nitrogens with zero attached hydrogens (tertiary/aromatic N) is 1. The number of carbonyl (C=O) groups excluding carboxylic acids is 1. The van der Waals surface area contributed by atoms with Crippen LogP contribution in [0.3, 0.4) is 0 Å². The van der Waals surface area contributed by atoms with E-state index in [1.807, 2.05) is 12.1 Å². The van der Waals surface area contributed by atoms with Gasteiger partial charge in [-0.05, 0) is 55.5 Å². The number of aryl methyl sites for hydroxylation is 2. The molecule has 0 atom stereocenters. The third-order valence-electron chi connectivity index (χ3n) is 5.72. The maximum Gasteiger partial charge on any atom is 0.321 e. The molecule has 8 N–H and O–H groups in total. The van der Waals surface area contributed by atoms with Gasteiger partial charge >= 0.3 is 6.03 Å². The summed E-state index contributed by atoms with van der Waals surface area (Å²) in [6.07, 6.45) is 3.75. The first-order chi connectivity index (χ1) is 17.8. The lowest BCUT2D eigenvalue weighted by Crippen LogP contribution is -2.32. The van der Waals surface area contributed by atoms with Crippen molar-refractivity contribution in [1.29, 1.82) is 5.41 Å². The first-order valence-corrected chi connectivity index (χ1v) is 12.1. The van der Waals surface area contributed by atoms with Crippen molar-refractivity contribution in [2.24, 2.45) is 5.73 Å². The Morgan fingerprint density at radius 3 is 2.59 bits per heavy atom. The number of nitrogens with two attached hydrogens (primary N) is 1. The molecule has 2 amide bonds. The molecule has 0 unspecified atom stereocenters. The van der Waals surface area contributed by atoms with Crippen LogP contribution < -0.4 is 32.6 Å². The molecule has 2 aromatic carbocycles. The van der Waals surface area contributed by atoms with Gasteiger partial charge in [-0.1, -0.05) is 36.4 Å². The summed E-state index contributed by atoms with van der Waals surface area (Å²) in [7, 11) is 0. The Balaban J connectivity index is 1.47. The third-order valence-corrected chi connectivity index (χ3v) is 5.72. The number of rotatable bonds is 12. The first-order valence-electron chi connectivity index (χ1n) is 12.1. The van der Waals surface area contributed by atoms with E-state index in [1.54, 1.807) is 12.1 Å². The van der Waals surface area contributed by atoms with Gasteiger partial charge in [-0.3, -0.25) is 15.5 Å². The van der Waals surface area contributed by atoms with Gasteiger partial charge in [-0.2, -0.15) is 4.98 Å². The van der Waals surface area contributed by atoms with Gasteiger partial charge < -0.3 is 26.7 Å². The summed E-state index contributed by atoms with van der Waals surface area (Å²) in [4.78, 5) is 31.3. The molecule has 0 bridgehead atoms. The molecule has 11 heteroatoms. The number of guanidine groups is 1. The number of hydrogen-bond acceptors (Lipinski definition) is 5. The highest BCUT2D eigenvalue weighted by atomic mass is 19.1. The van der Waals surface area contributed by atoms with Gasteiger partial charge in [0.25, 0.3) is 5.56 Å². The van der Waals surface area contributed by atoms with Crippen LogP contribution in [0.25, 0.3) is 11.1 Å². The van der Waals surface area contributed by atoms with E-state index in [-0.39, 0.29) is 17.5 Å². The van der Waals surface area contributed by atoms with E-state index in [9.17, 15) is 14.0 Å². The summed E-state index contributed by atoms with van der Waals surface area (Å²) in [5, 5.41) is 18.2. The number of aromatic amines is 1. The van der Waals surface area contributed by atoms with Crippen molar-refractivity contribution in [3.63, 3.8) is 0 Å². The van der Waals surface area contributed by atoms with E-state index in [2.05, 4.69) is 50.3 Å². The second kappa shape index (κ2) is 13.7. The summed E-state index contributed by atoms with van der Waals surface area (Å²) in [6, 6.07) is 12.2. The van der Waals surface area contributed by atoms with E-state index in [0.717, 1.165) is 19.3 Å². The number of amides is 2. The molecule has 37 heavy (non-hydrogen) atoms. The number of H-pyrrole nitrogens is 1. The van der Waals surface area contributed by atoms with Crippen LogP contribution in [-0.2, 0) is 13.0 Å². The minimum Gasteiger partial charge on any atom is -0.370 e. The minimum atomic E-state index is -0.586. The van der Waals surface area contributed by atoms with Crippen molar-refractivity contribution >= 4 is 17.9 Å². The Hall–Kier alpha value is -4.25. The largest absolute Gasteiger partial charge is 0.370 e. The van der Waals surface area contributed by atoms with Crippen LogP contribution in [0.15, 0.2) is 53.5 Å². The number of benzene rings is 2. The molecule has 0 aliphatic carbocycles. The molecule has 0 spiro atoms. The maximum absolute atomic E-state index is 14.6. The van der Waals surface area contributed by atoms with Crippen LogP contribution in [0.1, 0.15) is 29.5 Å². The van der Waals surface area contributed by atoms with Crippen LogP contribution >= 0.6 is 0 Å². The zero-order chi connectivity index (χ0) is 26.6. The monoisotopic (exact) mass is 508 g/mol. The number of nitrogens with one attached hydrogen (secondary N) is 6. The van der Waals surface area contributed by atoms with Gasteiger partial charge in [0, 0.05) is 31.4 Å². The Morgan fingerprint density at radius 1 is 1.08 bits per heavy atom. The molecule has 1 heterocycles. The summed E-state index contributed by atoms with van der Waals surface area (Å²) in [5.74, 6) is -0.521. The molecule has 0 saturated heterocycles. The third kappa shape index (κ3) is 8.73. The van der Waals surface area contributed by atoms with Crippen molar-refractivity contribution in [2.45, 2.75) is 32.7 Å². The van der Waals surface area contributed by atoms with Crippen molar-refractivity contribution < 1.29 is 9.18 Å². The molecule has 0 saturated carbocycles. The van der Waals surface area contributed by atoms with Crippen molar-refractivity contribution in [3.05, 3.63) is 81.5 Å². The van der Waals surface area contributed by atoms with E-state index < -0.39 is 17.4 Å². The maximum atomic E-state index is 14.6. The van der Waals surface area contributed by atoms with E-state index in [4.69, 9.17) is 11.1 Å². The van der Waals surface area contributed by atoms with E-state index in [1.165, 1.54) is 23.4 Å². The van der Waals surface area contributed by atoms with Crippen molar-refractivity contribution in [3.8, 4) is 11.1 Å². The molecule has 0 aliphatic heterocycles. The summed E-state index contributed by atoms with van der Waals surface area (Å²) in [5.41, 5.74) is 8.13. The zero-order valence-corrected chi connectivity index (χ0v) is 20.8. The van der Waals surface area contributed by atoms with Gasteiger partial charge in [0.15, 0.2) is 5.96 Å². The SMILES string of the molecule is Cc1ccccc1CCCNC(=O)Nc1nc(=O)c(-c2ccc(CNCCCNC(=N)N)c(F)c2)c[nH]1. The summed E-state index contributed by atoms with van der Waals surface area (Å²) >= 11 is 0. The molecule has 3 aromatic rings. The van der Waals surface area contributed by atoms with Gasteiger partial charge in [0.1, 0.15) is 5.82 Å². The van der Waals surface area contributed by atoms with Crippen LogP contribution in [0.4, 0.5) is 15.1 Å². The number of halogens is 1. The standard InChI is InChI=1S/C26H33FN8O2/c1-17-6-2-3-7-18(17)8-4-12-32-26(37)35-25-33-16-21(23(36)34-25)19-9-10-20(22(27)14-19)15-30-11-5-13-31-24(28)29/h2-3,6-7,9-10,14,16,30H,4-5,8,11-13,15H2,1H3,(H4,28,29,31)(H3,32,33,34,35,36,37). The molecule has 0 radical (unpaired) electrons. The highest BCUT2D eigenvalue weighted by Gasteiger charge is 2.11. The Morgan fingerprint density at radius 2 is 1.86 bits per heavy atom. The Labute approximate surface area is 214 Å². The van der Waals surface area contributed by atoms with Crippen LogP contribution in [-0.4, -0.2) is 41.6 Å². The fraction of sp³-hybridized carbons (Fsp3) is 0.308. The number of hydrogen-bond donors (Lipinski definition) is 7. The lowest BCUT2D eigenvalue weighted by molar-refractivity contribution is 0.252. The van der Waals surface area contributed by atoms with E-state index in [0.29, 0.717) is 37.3 Å². The molecule has 196 valence electrons. The predicted octanol–water partition coefficient (Wildman–Crippen LogP) is 2.60. The molecule has 0 aliphatic rings. The average molecular weight is 509 g/mol. The lowest BCUT2D eigenvalue weighted by Gasteiger charge is -2.10. The smallest absolute Gasteiger partial charge is 0.321 e. The number of urea groups is 1. The first kappa shape index (κ1) is 27.3. The predicted molar refractivity (Wildman–Crippen MR) is 143 cm³/mol. The molecule has 3 rings (SSSR count). The molecule has 0 fully saturated rings. The number of anilines is 1. The summed E-state index contributed by atoms with van der Waals surface area (Å²) < 4.78 is 14.6. The van der Waals surface area contributed by atoms with Crippen molar-refractivity contribution in [2.75, 3.05) is 25.0 Å². The second-order valence-electron chi connectivity index (χ2n) is 8.56. The molecular weight excluding hydrogens is 475 g/mol. The van der Waals surface area contributed by atoms with Gasteiger partial charge in [-0.25, -0.2) is 9.18 Å². The highest BCUT2D eigenvalue weighted by molar-refractivity contribution is 5.87. The topological polar surface area (TPSA) is 161 Å². The zero-order valence-electron chi connectivity index (χ0n) is 20.8. The van der Waals surface area contributed by atoms with Crippen molar-refractivity contribution in [1.82, 2.24) is 25.9 Å². The molecule has 10 nitrogen and oxygen atoms in total. The molecule has 1 aromatic heterocycles. The Bertz CT molecular complexity index is 1280. The normalized spacial score (nSPS) is 10.6. The van der Waals surface area contributed by atoms with E-state index >= 15 is 0 Å². The average Bonchev–Trinajstić information content (AvgIpc) is 2.85. The quantitative estimate of drug-likeness (QED) is 0.113. The van der Waals surface area contributed by atoms with Crippen LogP contribution in [0, 0.1) is 18.2 Å². The van der Waals surface area contributed by atoms with Crippen LogP contribution in [0.2, 0.25) is 0 Å². The summed E-state index contributed by atoms with van der Waals surface area (Å²) in [6.45, 7) is 4.03. The van der Waals surface area contributed by atoms with Gasteiger partial charge in [0.05, 0.1) is 5.56 Å². The lowest BCUT2D eigenvalue weighted by atomic mass is 10.0.